The Kier molecular flexibility index (Phi) is 7.02. The van der Waals surface area contributed by atoms with Crippen molar-refractivity contribution >= 4 is 46.5 Å². The van der Waals surface area contributed by atoms with Crippen molar-refractivity contribution in [3.63, 3.8) is 0 Å². The number of hydrogen-bond donors (Lipinski definition) is 2. The highest BCUT2D eigenvalue weighted by Crippen LogP contribution is 2.26. The summed E-state index contributed by atoms with van der Waals surface area (Å²) in [6.07, 6.45) is -0.0745. The summed E-state index contributed by atoms with van der Waals surface area (Å²) in [5, 5.41) is 12.7. The molecule has 3 aromatic rings. The molecule has 0 aliphatic carbocycles. The molecule has 0 aromatic heterocycles. The van der Waals surface area contributed by atoms with E-state index < -0.39 is 11.4 Å². The first-order chi connectivity index (χ1) is 15.1. The second kappa shape index (κ2) is 9.55. The maximum absolute atomic E-state index is 12.4. The highest BCUT2D eigenvalue weighted by Gasteiger charge is 2.30. The minimum atomic E-state index is -1.12. The molecule has 0 heterocycles. The van der Waals surface area contributed by atoms with Gasteiger partial charge in [-0.15, -0.1) is 0 Å². The Balaban J connectivity index is 1.68. The summed E-state index contributed by atoms with van der Waals surface area (Å²) < 4.78 is 0. The van der Waals surface area contributed by atoms with Gasteiger partial charge in [-0.25, -0.2) is 0 Å². The van der Waals surface area contributed by atoms with Crippen LogP contribution in [0.4, 0.5) is 5.69 Å². The molecule has 3 rings (SSSR count). The number of carbonyl (C=O) groups excluding carboxylic acids is 2. The van der Waals surface area contributed by atoms with E-state index >= 15 is 0 Å². The topological polar surface area (TPSA) is 83.5 Å². The summed E-state index contributed by atoms with van der Waals surface area (Å²) in [6, 6.07) is 18.9. The highest BCUT2D eigenvalue weighted by molar-refractivity contribution is 6.42. The summed E-state index contributed by atoms with van der Waals surface area (Å²) in [4.78, 5) is 36.0. The van der Waals surface area contributed by atoms with Gasteiger partial charge in [0.05, 0.1) is 15.5 Å². The van der Waals surface area contributed by atoms with E-state index in [0.29, 0.717) is 26.9 Å². The van der Waals surface area contributed by atoms with E-state index in [0.717, 1.165) is 11.1 Å². The van der Waals surface area contributed by atoms with E-state index in [1.807, 2.05) is 24.3 Å². The lowest BCUT2D eigenvalue weighted by molar-refractivity contribution is -0.146. The molecular formula is C25H21Cl2NO4. The van der Waals surface area contributed by atoms with Gasteiger partial charge in [0, 0.05) is 23.2 Å². The Morgan fingerprint density at radius 1 is 0.812 bits per heavy atom. The molecule has 1 amide bonds. The Labute approximate surface area is 196 Å². The van der Waals surface area contributed by atoms with Gasteiger partial charge in [0.15, 0.2) is 5.78 Å². The fourth-order valence-corrected chi connectivity index (χ4v) is 3.31. The van der Waals surface area contributed by atoms with Gasteiger partial charge < -0.3 is 10.4 Å². The quantitative estimate of drug-likeness (QED) is 0.382. The van der Waals surface area contributed by atoms with Gasteiger partial charge in [-0.2, -0.15) is 0 Å². The predicted molar refractivity (Wildman–Crippen MR) is 127 cm³/mol. The number of nitrogens with one attached hydrogen (secondary N) is 1. The summed E-state index contributed by atoms with van der Waals surface area (Å²) in [5.74, 6) is -1.53. The monoisotopic (exact) mass is 469 g/mol. The molecule has 2 N–H and O–H groups in total. The van der Waals surface area contributed by atoms with Gasteiger partial charge >= 0.3 is 5.97 Å². The van der Waals surface area contributed by atoms with Crippen molar-refractivity contribution in [3.05, 3.63) is 87.9 Å². The SMILES string of the molecule is CC(C)(CC(=O)c1ccc(-c2ccc(NC(=O)c3ccc(Cl)c(Cl)c3)cc2)cc1)C(=O)O. The number of aliphatic carboxylic acids is 1. The fourth-order valence-electron chi connectivity index (χ4n) is 3.01. The average molecular weight is 470 g/mol. The van der Waals surface area contributed by atoms with Gasteiger partial charge in [-0.3, -0.25) is 14.4 Å². The predicted octanol–water partition coefficient (Wildman–Crippen LogP) is 6.60. The second-order valence-corrected chi connectivity index (χ2v) is 8.84. The number of carboxylic acids is 1. The van der Waals surface area contributed by atoms with Crippen LogP contribution in [-0.4, -0.2) is 22.8 Å². The fraction of sp³-hybridized carbons (Fsp3) is 0.160. The van der Waals surface area contributed by atoms with Crippen LogP contribution in [0.2, 0.25) is 10.0 Å². The third-order valence-electron chi connectivity index (χ3n) is 5.05. The zero-order chi connectivity index (χ0) is 23.5. The lowest BCUT2D eigenvalue weighted by Gasteiger charge is -2.17. The third-order valence-corrected chi connectivity index (χ3v) is 5.79. The smallest absolute Gasteiger partial charge is 0.309 e. The standard InChI is InChI=1S/C25H21Cl2NO4/c1-25(2,24(31)32)14-22(29)17-5-3-15(4-6-17)16-7-10-19(11-8-16)28-23(30)18-9-12-20(26)21(27)13-18/h3-13H,14H2,1-2H3,(H,28,30)(H,31,32). The van der Waals surface area contributed by atoms with Crippen LogP contribution < -0.4 is 5.32 Å². The average Bonchev–Trinajstić information content (AvgIpc) is 2.76. The molecule has 0 saturated heterocycles. The van der Waals surface area contributed by atoms with Crippen molar-refractivity contribution in [1.29, 1.82) is 0 Å². The first kappa shape index (κ1) is 23.5. The summed E-state index contributed by atoms with van der Waals surface area (Å²) in [7, 11) is 0. The number of ketones is 1. The van der Waals surface area contributed by atoms with Crippen LogP contribution in [0.5, 0.6) is 0 Å². The first-order valence-corrected chi connectivity index (χ1v) is 10.6. The van der Waals surface area contributed by atoms with Gasteiger partial charge in [0.2, 0.25) is 0 Å². The molecule has 32 heavy (non-hydrogen) atoms. The van der Waals surface area contributed by atoms with Crippen LogP contribution in [0.15, 0.2) is 66.7 Å². The van der Waals surface area contributed by atoms with Crippen LogP contribution in [0.1, 0.15) is 41.0 Å². The molecule has 0 radical (unpaired) electrons. The molecule has 0 aliphatic heterocycles. The molecule has 0 fully saturated rings. The lowest BCUT2D eigenvalue weighted by Crippen LogP contribution is -2.26. The minimum absolute atomic E-state index is 0.0745. The van der Waals surface area contributed by atoms with Gasteiger partial charge in [0.25, 0.3) is 5.91 Å². The van der Waals surface area contributed by atoms with E-state index in [1.165, 1.54) is 19.9 Å². The molecule has 0 aliphatic rings. The number of benzene rings is 3. The molecule has 3 aromatic carbocycles. The number of anilines is 1. The molecular weight excluding hydrogens is 449 g/mol. The number of carboxylic acid groups (broad SMARTS) is 1. The Hall–Kier alpha value is -3.15. The lowest BCUT2D eigenvalue weighted by atomic mass is 9.85. The molecule has 0 atom stereocenters. The van der Waals surface area contributed by atoms with Gasteiger partial charge in [-0.05, 0) is 55.3 Å². The van der Waals surface area contributed by atoms with Crippen molar-refractivity contribution < 1.29 is 19.5 Å². The van der Waals surface area contributed by atoms with E-state index in [-0.39, 0.29) is 18.1 Å². The maximum atomic E-state index is 12.4. The Bertz CT molecular complexity index is 1170. The van der Waals surface area contributed by atoms with E-state index in [9.17, 15) is 19.5 Å². The van der Waals surface area contributed by atoms with Crippen LogP contribution in [0.3, 0.4) is 0 Å². The summed E-state index contributed by atoms with van der Waals surface area (Å²) >= 11 is 11.8. The molecule has 0 bridgehead atoms. The van der Waals surface area contributed by atoms with Crippen molar-refractivity contribution in [2.75, 3.05) is 5.32 Å². The highest BCUT2D eigenvalue weighted by atomic mass is 35.5. The van der Waals surface area contributed by atoms with E-state index in [2.05, 4.69) is 5.32 Å². The minimum Gasteiger partial charge on any atom is -0.481 e. The normalized spacial score (nSPS) is 11.1. The summed E-state index contributed by atoms with van der Waals surface area (Å²) in [6.45, 7) is 3.06. The van der Waals surface area contributed by atoms with Crippen molar-refractivity contribution in [3.8, 4) is 11.1 Å². The molecule has 0 saturated carbocycles. The number of rotatable bonds is 7. The van der Waals surface area contributed by atoms with Gasteiger partial charge in [0.1, 0.15) is 0 Å². The molecule has 0 unspecified atom stereocenters. The largest absolute Gasteiger partial charge is 0.481 e. The zero-order valence-electron chi connectivity index (χ0n) is 17.5. The Morgan fingerprint density at radius 2 is 1.34 bits per heavy atom. The number of amides is 1. The number of Topliss-reactive ketones (excluding diaryl/α,β-unsaturated/α-hetero) is 1. The molecule has 7 heteroatoms. The van der Waals surface area contributed by atoms with Crippen LogP contribution in [0.25, 0.3) is 11.1 Å². The Morgan fingerprint density at radius 3 is 1.88 bits per heavy atom. The van der Waals surface area contributed by atoms with E-state index in [1.54, 1.807) is 36.4 Å². The van der Waals surface area contributed by atoms with Crippen LogP contribution in [-0.2, 0) is 4.79 Å². The first-order valence-electron chi connectivity index (χ1n) is 9.80. The van der Waals surface area contributed by atoms with Crippen molar-refractivity contribution in [1.82, 2.24) is 0 Å². The van der Waals surface area contributed by atoms with E-state index in [4.69, 9.17) is 23.2 Å². The number of hydrogen-bond acceptors (Lipinski definition) is 3. The molecule has 0 spiro atoms. The van der Waals surface area contributed by atoms with Crippen molar-refractivity contribution in [2.45, 2.75) is 20.3 Å². The van der Waals surface area contributed by atoms with Crippen LogP contribution >= 0.6 is 23.2 Å². The maximum Gasteiger partial charge on any atom is 0.309 e. The van der Waals surface area contributed by atoms with Gasteiger partial charge in [-0.1, -0.05) is 59.6 Å². The number of carbonyl (C=O) groups is 3. The summed E-state index contributed by atoms with van der Waals surface area (Å²) in [5.41, 5.74) is 2.16. The second-order valence-electron chi connectivity index (χ2n) is 8.03. The number of halogens is 2. The zero-order valence-corrected chi connectivity index (χ0v) is 19.0. The molecule has 164 valence electrons. The van der Waals surface area contributed by atoms with Crippen LogP contribution in [0, 0.1) is 5.41 Å². The third kappa shape index (κ3) is 5.55. The molecule has 5 nitrogen and oxygen atoms in total. The van der Waals surface area contributed by atoms with Crippen molar-refractivity contribution in [2.24, 2.45) is 5.41 Å².